The molecule has 1 aromatic rings. The van der Waals surface area contributed by atoms with Crippen LogP contribution in [0.3, 0.4) is 0 Å². The van der Waals surface area contributed by atoms with E-state index in [1.165, 1.54) is 12.8 Å². The average molecular weight is 300 g/mol. The number of likely N-dealkylation sites (tertiary alicyclic amines) is 1. The molecule has 118 valence electrons. The molecule has 4 heteroatoms. The molecule has 4 unspecified atom stereocenters. The van der Waals surface area contributed by atoms with Crippen molar-refractivity contribution in [1.29, 1.82) is 0 Å². The Kier molecular flexibility index (Phi) is 3.57. The first kappa shape index (κ1) is 14.1. The Morgan fingerprint density at radius 1 is 1.18 bits per heavy atom. The molecule has 1 amide bonds. The zero-order chi connectivity index (χ0) is 15.1. The Hall–Kier alpha value is -1.55. The molecule has 0 radical (unpaired) electrons. The number of rotatable bonds is 1. The summed E-state index contributed by atoms with van der Waals surface area (Å²) in [6, 6.07) is 8.24. The van der Waals surface area contributed by atoms with Crippen LogP contribution in [0.25, 0.3) is 0 Å². The van der Waals surface area contributed by atoms with Crippen molar-refractivity contribution in [2.75, 3.05) is 19.7 Å². The van der Waals surface area contributed by atoms with Gasteiger partial charge in [0.15, 0.2) is 0 Å². The number of nitrogens with zero attached hydrogens (tertiary/aromatic N) is 1. The van der Waals surface area contributed by atoms with Gasteiger partial charge in [0.25, 0.3) is 0 Å². The molecule has 2 N–H and O–H groups in total. The zero-order valence-corrected chi connectivity index (χ0v) is 12.9. The smallest absolute Gasteiger partial charge is 0.230 e. The lowest BCUT2D eigenvalue weighted by Gasteiger charge is -2.29. The quantitative estimate of drug-likeness (QED) is 0.864. The van der Waals surface area contributed by atoms with Crippen molar-refractivity contribution in [3.05, 3.63) is 29.8 Å². The van der Waals surface area contributed by atoms with E-state index in [0.717, 1.165) is 37.2 Å². The Bertz CT molecular complexity index is 574. The Morgan fingerprint density at radius 2 is 2.05 bits per heavy atom. The zero-order valence-electron chi connectivity index (χ0n) is 12.9. The highest BCUT2D eigenvalue weighted by Crippen LogP contribution is 2.39. The summed E-state index contributed by atoms with van der Waals surface area (Å²) in [5.74, 6) is 2.23. The molecule has 2 fully saturated rings. The molecule has 1 saturated carbocycles. The molecule has 1 aliphatic carbocycles. The van der Waals surface area contributed by atoms with Gasteiger partial charge in [0.1, 0.15) is 5.75 Å². The number of hydrogen-bond donors (Lipinski definition) is 1. The Balaban J connectivity index is 1.54. The normalized spacial score (nSPS) is 33.8. The molecular formula is C18H24N2O2. The number of para-hydroxylation sites is 1. The predicted octanol–water partition coefficient (Wildman–Crippen LogP) is 2.14. The fourth-order valence-corrected chi connectivity index (χ4v) is 4.52. The second-order valence-corrected chi connectivity index (χ2v) is 6.99. The third-order valence-corrected chi connectivity index (χ3v) is 5.72. The topological polar surface area (TPSA) is 55.6 Å². The highest BCUT2D eigenvalue weighted by Gasteiger charge is 2.42. The van der Waals surface area contributed by atoms with Crippen molar-refractivity contribution >= 4 is 5.91 Å². The molecule has 2 heterocycles. The summed E-state index contributed by atoms with van der Waals surface area (Å²) in [5.41, 5.74) is 7.33. The van der Waals surface area contributed by atoms with Crippen molar-refractivity contribution in [3.8, 4) is 5.75 Å². The molecule has 2 aliphatic heterocycles. The van der Waals surface area contributed by atoms with Gasteiger partial charge in [-0.3, -0.25) is 4.79 Å². The van der Waals surface area contributed by atoms with Crippen LogP contribution < -0.4 is 10.5 Å². The maximum atomic E-state index is 13.0. The molecular weight excluding hydrogens is 276 g/mol. The second-order valence-electron chi connectivity index (χ2n) is 6.99. The van der Waals surface area contributed by atoms with Crippen LogP contribution in [-0.2, 0) is 4.79 Å². The van der Waals surface area contributed by atoms with E-state index in [1.807, 2.05) is 24.3 Å². The van der Waals surface area contributed by atoms with Gasteiger partial charge in [-0.15, -0.1) is 0 Å². The van der Waals surface area contributed by atoms with Gasteiger partial charge in [0.2, 0.25) is 5.91 Å². The lowest BCUT2D eigenvalue weighted by Crippen LogP contribution is -2.39. The maximum Gasteiger partial charge on any atom is 0.230 e. The van der Waals surface area contributed by atoms with Crippen LogP contribution in [0.15, 0.2) is 24.3 Å². The third-order valence-electron chi connectivity index (χ3n) is 5.72. The SMILES string of the molecule is NC1CCCC2CN(C(=O)C3CCOc4ccccc43)CC12. The van der Waals surface area contributed by atoms with E-state index >= 15 is 0 Å². The number of amides is 1. The number of carbonyl (C=O) groups is 1. The van der Waals surface area contributed by atoms with Crippen LogP contribution in [0.4, 0.5) is 0 Å². The van der Waals surface area contributed by atoms with Gasteiger partial charge in [-0.1, -0.05) is 24.6 Å². The van der Waals surface area contributed by atoms with E-state index in [9.17, 15) is 4.79 Å². The van der Waals surface area contributed by atoms with E-state index < -0.39 is 0 Å². The summed E-state index contributed by atoms with van der Waals surface area (Å²) < 4.78 is 5.69. The number of fused-ring (bicyclic) bond motifs is 2. The van der Waals surface area contributed by atoms with Gasteiger partial charge >= 0.3 is 0 Å². The molecule has 3 aliphatic rings. The fraction of sp³-hybridized carbons (Fsp3) is 0.611. The molecule has 4 nitrogen and oxygen atoms in total. The van der Waals surface area contributed by atoms with E-state index in [0.29, 0.717) is 18.4 Å². The van der Waals surface area contributed by atoms with Crippen LogP contribution >= 0.6 is 0 Å². The van der Waals surface area contributed by atoms with Crippen LogP contribution in [0, 0.1) is 11.8 Å². The Morgan fingerprint density at radius 3 is 2.91 bits per heavy atom. The van der Waals surface area contributed by atoms with Gasteiger partial charge in [-0.05, 0) is 37.2 Å². The molecule has 1 saturated heterocycles. The summed E-state index contributed by atoms with van der Waals surface area (Å²) in [6.07, 6.45) is 4.34. The molecule has 4 atom stereocenters. The first-order chi connectivity index (χ1) is 10.7. The average Bonchev–Trinajstić information content (AvgIpc) is 2.99. The van der Waals surface area contributed by atoms with E-state index in [2.05, 4.69) is 4.90 Å². The summed E-state index contributed by atoms with van der Waals surface area (Å²) in [6.45, 7) is 2.38. The van der Waals surface area contributed by atoms with Crippen molar-refractivity contribution in [1.82, 2.24) is 4.90 Å². The summed E-state index contributed by atoms with van der Waals surface area (Å²) in [4.78, 5) is 15.1. The first-order valence-corrected chi connectivity index (χ1v) is 8.50. The second kappa shape index (κ2) is 5.58. The Labute approximate surface area is 131 Å². The van der Waals surface area contributed by atoms with Gasteiger partial charge in [0, 0.05) is 24.7 Å². The number of benzene rings is 1. The van der Waals surface area contributed by atoms with E-state index in [1.54, 1.807) is 0 Å². The van der Waals surface area contributed by atoms with Gasteiger partial charge in [0.05, 0.1) is 12.5 Å². The molecule has 4 rings (SSSR count). The van der Waals surface area contributed by atoms with E-state index in [-0.39, 0.29) is 17.9 Å². The summed E-state index contributed by atoms with van der Waals surface area (Å²) in [7, 11) is 0. The number of carbonyl (C=O) groups excluding carboxylic acids is 1. The van der Waals surface area contributed by atoms with Crippen LogP contribution in [-0.4, -0.2) is 36.5 Å². The minimum atomic E-state index is -0.0404. The van der Waals surface area contributed by atoms with Crippen molar-refractivity contribution in [2.24, 2.45) is 17.6 Å². The van der Waals surface area contributed by atoms with Gasteiger partial charge in [-0.2, -0.15) is 0 Å². The largest absolute Gasteiger partial charge is 0.493 e. The van der Waals surface area contributed by atoms with Crippen LogP contribution in [0.1, 0.15) is 37.2 Å². The van der Waals surface area contributed by atoms with Gasteiger partial charge < -0.3 is 15.4 Å². The number of hydrogen-bond acceptors (Lipinski definition) is 3. The summed E-state index contributed by atoms with van der Waals surface area (Å²) >= 11 is 0. The lowest BCUT2D eigenvalue weighted by atomic mass is 9.78. The monoisotopic (exact) mass is 300 g/mol. The predicted molar refractivity (Wildman–Crippen MR) is 84.7 cm³/mol. The standard InChI is InChI=1S/C18H24N2O2/c19-16-6-3-4-12-10-20(11-15(12)16)18(21)14-8-9-22-17-7-2-1-5-13(14)17/h1-2,5,7,12,14-16H,3-4,6,8-11,19H2. The third kappa shape index (κ3) is 2.30. The first-order valence-electron chi connectivity index (χ1n) is 8.50. The molecule has 0 bridgehead atoms. The molecule has 1 aromatic carbocycles. The van der Waals surface area contributed by atoms with Gasteiger partial charge in [-0.25, -0.2) is 0 Å². The number of ether oxygens (including phenoxy) is 1. The highest BCUT2D eigenvalue weighted by atomic mass is 16.5. The van der Waals surface area contributed by atoms with Crippen molar-refractivity contribution in [2.45, 2.75) is 37.6 Å². The van der Waals surface area contributed by atoms with Crippen LogP contribution in [0.5, 0.6) is 5.75 Å². The van der Waals surface area contributed by atoms with Crippen LogP contribution in [0.2, 0.25) is 0 Å². The minimum Gasteiger partial charge on any atom is -0.493 e. The van der Waals surface area contributed by atoms with Crippen molar-refractivity contribution in [3.63, 3.8) is 0 Å². The highest BCUT2D eigenvalue weighted by molar-refractivity contribution is 5.85. The van der Waals surface area contributed by atoms with Crippen molar-refractivity contribution < 1.29 is 9.53 Å². The molecule has 0 aromatic heterocycles. The van der Waals surface area contributed by atoms with E-state index in [4.69, 9.17) is 10.5 Å². The lowest BCUT2D eigenvalue weighted by molar-refractivity contribution is -0.132. The fourth-order valence-electron chi connectivity index (χ4n) is 4.52. The summed E-state index contributed by atoms with van der Waals surface area (Å²) in [5, 5.41) is 0. The number of nitrogens with two attached hydrogens (primary N) is 1. The minimum absolute atomic E-state index is 0.0404. The molecule has 22 heavy (non-hydrogen) atoms. The molecule has 0 spiro atoms. The maximum absolute atomic E-state index is 13.0.